The SMILES string of the molecule is CC(=O)O[C@@H]1O[C@H](C(=O)NCCCS(=O)(=O)O)[C@@H](C)[C@H](OC(C)=O)[C@H]1OC(C)=O. The molecule has 12 nitrogen and oxygen atoms in total. The number of ether oxygens (including phenoxy) is 4. The van der Waals surface area contributed by atoms with Gasteiger partial charge in [-0.05, 0) is 6.42 Å². The lowest BCUT2D eigenvalue weighted by Crippen LogP contribution is -2.60. The second kappa shape index (κ2) is 10.5. The van der Waals surface area contributed by atoms with Crippen molar-refractivity contribution in [3.05, 3.63) is 0 Å². The maximum atomic E-state index is 12.5. The largest absolute Gasteiger partial charge is 0.458 e. The van der Waals surface area contributed by atoms with Crippen LogP contribution in [0, 0.1) is 5.92 Å². The molecule has 1 fully saturated rings. The summed E-state index contributed by atoms with van der Waals surface area (Å²) in [7, 11) is -4.17. The normalized spacial score (nSPS) is 26.9. The third kappa shape index (κ3) is 8.33. The molecule has 0 aromatic rings. The summed E-state index contributed by atoms with van der Waals surface area (Å²) in [6.45, 7) is 4.73. The van der Waals surface area contributed by atoms with Gasteiger partial charge in [0.1, 0.15) is 6.10 Å². The van der Waals surface area contributed by atoms with Crippen LogP contribution in [0.3, 0.4) is 0 Å². The number of carbonyl (C=O) groups excluding carboxylic acids is 4. The van der Waals surface area contributed by atoms with E-state index >= 15 is 0 Å². The molecular weight excluding hydrogens is 414 g/mol. The number of hydrogen-bond donors (Lipinski definition) is 2. The predicted molar refractivity (Wildman–Crippen MR) is 94.7 cm³/mol. The van der Waals surface area contributed by atoms with Gasteiger partial charge in [-0.1, -0.05) is 6.92 Å². The summed E-state index contributed by atoms with van der Waals surface area (Å²) < 4.78 is 51.0. The molecule has 0 aliphatic carbocycles. The average Bonchev–Trinajstić information content (AvgIpc) is 2.55. The highest BCUT2D eigenvalue weighted by molar-refractivity contribution is 7.85. The minimum Gasteiger partial charge on any atom is -0.458 e. The molecule has 0 bridgehead atoms. The minimum absolute atomic E-state index is 0.0531. The molecule has 5 atom stereocenters. The molecule has 1 aliphatic heterocycles. The van der Waals surface area contributed by atoms with Gasteiger partial charge in [0.2, 0.25) is 18.3 Å². The van der Waals surface area contributed by atoms with Gasteiger partial charge in [-0.15, -0.1) is 0 Å². The second-order valence-electron chi connectivity index (χ2n) is 6.47. The van der Waals surface area contributed by atoms with Crippen molar-refractivity contribution in [2.75, 3.05) is 12.3 Å². The molecule has 166 valence electrons. The summed E-state index contributed by atoms with van der Waals surface area (Å²) in [4.78, 5) is 46.8. The van der Waals surface area contributed by atoms with E-state index in [9.17, 15) is 27.6 Å². The van der Waals surface area contributed by atoms with E-state index in [1.54, 1.807) is 0 Å². The molecule has 0 spiro atoms. The van der Waals surface area contributed by atoms with Gasteiger partial charge in [0.05, 0.1) is 5.75 Å². The molecule has 1 rings (SSSR count). The van der Waals surface area contributed by atoms with Crippen molar-refractivity contribution in [2.45, 2.75) is 58.7 Å². The first kappa shape index (κ1) is 24.8. The number of nitrogens with one attached hydrogen (secondary N) is 1. The Bertz CT molecular complexity index is 735. The second-order valence-corrected chi connectivity index (χ2v) is 8.04. The quantitative estimate of drug-likeness (QED) is 0.209. The fraction of sp³-hybridized carbons (Fsp3) is 0.750. The van der Waals surface area contributed by atoms with Gasteiger partial charge in [-0.2, -0.15) is 8.42 Å². The number of hydrogen-bond acceptors (Lipinski definition) is 10. The highest BCUT2D eigenvalue weighted by atomic mass is 32.2. The van der Waals surface area contributed by atoms with Crippen LogP contribution in [0.15, 0.2) is 0 Å². The number of carbonyl (C=O) groups is 4. The van der Waals surface area contributed by atoms with Crippen LogP contribution in [0.1, 0.15) is 34.1 Å². The molecule has 0 aromatic heterocycles. The zero-order valence-corrected chi connectivity index (χ0v) is 17.3. The fourth-order valence-electron chi connectivity index (χ4n) is 2.78. The van der Waals surface area contributed by atoms with Crippen LogP contribution in [0.25, 0.3) is 0 Å². The molecule has 2 N–H and O–H groups in total. The molecule has 0 saturated carbocycles. The summed E-state index contributed by atoms with van der Waals surface area (Å²) in [5.74, 6) is -4.28. The van der Waals surface area contributed by atoms with E-state index in [2.05, 4.69) is 5.32 Å². The molecule has 13 heteroatoms. The Kier molecular flexibility index (Phi) is 8.98. The Morgan fingerprint density at radius 2 is 1.48 bits per heavy atom. The van der Waals surface area contributed by atoms with Gasteiger partial charge in [0.15, 0.2) is 6.10 Å². The predicted octanol–water partition coefficient (Wildman–Crippen LogP) is -0.832. The fourth-order valence-corrected chi connectivity index (χ4v) is 3.29. The Labute approximate surface area is 167 Å². The van der Waals surface area contributed by atoms with Crippen LogP contribution in [0.4, 0.5) is 0 Å². The lowest BCUT2D eigenvalue weighted by molar-refractivity contribution is -0.277. The van der Waals surface area contributed by atoms with Crippen molar-refractivity contribution < 1.29 is 51.1 Å². The number of esters is 3. The first-order valence-electron chi connectivity index (χ1n) is 8.71. The van der Waals surface area contributed by atoms with Gasteiger partial charge in [-0.3, -0.25) is 23.7 Å². The highest BCUT2D eigenvalue weighted by Gasteiger charge is 2.51. The van der Waals surface area contributed by atoms with E-state index in [0.29, 0.717) is 0 Å². The summed E-state index contributed by atoms with van der Waals surface area (Å²) in [6, 6.07) is 0. The maximum Gasteiger partial charge on any atom is 0.305 e. The van der Waals surface area contributed by atoms with Crippen molar-refractivity contribution in [1.29, 1.82) is 0 Å². The summed E-state index contributed by atoms with van der Waals surface area (Å²) in [6.07, 6.45) is -5.27. The lowest BCUT2D eigenvalue weighted by Gasteiger charge is -2.42. The van der Waals surface area contributed by atoms with Crippen LogP contribution in [-0.4, -0.2) is 73.7 Å². The van der Waals surface area contributed by atoms with Gasteiger partial charge in [0.25, 0.3) is 10.1 Å². The topological polar surface area (TPSA) is 172 Å². The Balaban J connectivity index is 3.00. The molecule has 0 radical (unpaired) electrons. The summed E-state index contributed by atoms with van der Waals surface area (Å²) in [5, 5.41) is 2.43. The van der Waals surface area contributed by atoms with Crippen molar-refractivity contribution in [2.24, 2.45) is 5.92 Å². The van der Waals surface area contributed by atoms with Gasteiger partial charge in [0, 0.05) is 33.2 Å². The van der Waals surface area contributed by atoms with Gasteiger partial charge < -0.3 is 24.3 Å². The lowest BCUT2D eigenvalue weighted by atomic mass is 9.89. The van der Waals surface area contributed by atoms with Crippen LogP contribution in [-0.2, 0) is 48.2 Å². The van der Waals surface area contributed by atoms with E-state index in [0.717, 1.165) is 20.8 Å². The van der Waals surface area contributed by atoms with E-state index in [1.807, 2.05) is 0 Å². The molecular formula is C16H25NO11S. The molecule has 1 aliphatic rings. The minimum atomic E-state index is -4.17. The van der Waals surface area contributed by atoms with Crippen LogP contribution < -0.4 is 5.32 Å². The van der Waals surface area contributed by atoms with E-state index in [-0.39, 0.29) is 13.0 Å². The molecule has 0 aromatic carbocycles. The molecule has 1 amide bonds. The monoisotopic (exact) mass is 439 g/mol. The van der Waals surface area contributed by atoms with Gasteiger partial charge in [-0.25, -0.2) is 0 Å². The Morgan fingerprint density at radius 1 is 0.966 bits per heavy atom. The third-order valence-electron chi connectivity index (χ3n) is 3.89. The third-order valence-corrected chi connectivity index (χ3v) is 4.70. The number of rotatable bonds is 8. The highest BCUT2D eigenvalue weighted by Crippen LogP contribution is 2.31. The smallest absolute Gasteiger partial charge is 0.305 e. The first-order valence-corrected chi connectivity index (χ1v) is 10.3. The van der Waals surface area contributed by atoms with Crippen molar-refractivity contribution in [1.82, 2.24) is 5.32 Å². The van der Waals surface area contributed by atoms with Crippen molar-refractivity contribution in [3.8, 4) is 0 Å². The van der Waals surface area contributed by atoms with E-state index < -0.39 is 70.2 Å². The summed E-state index contributed by atoms with van der Waals surface area (Å²) >= 11 is 0. The molecule has 1 saturated heterocycles. The first-order chi connectivity index (χ1) is 13.3. The molecule has 0 unspecified atom stereocenters. The van der Waals surface area contributed by atoms with Crippen molar-refractivity contribution in [3.63, 3.8) is 0 Å². The molecule has 29 heavy (non-hydrogen) atoms. The van der Waals surface area contributed by atoms with Crippen LogP contribution in [0.2, 0.25) is 0 Å². The van der Waals surface area contributed by atoms with E-state index in [1.165, 1.54) is 6.92 Å². The zero-order chi connectivity index (χ0) is 22.4. The van der Waals surface area contributed by atoms with Crippen LogP contribution >= 0.6 is 0 Å². The van der Waals surface area contributed by atoms with E-state index in [4.69, 9.17) is 23.5 Å². The Hall–Kier alpha value is -2.25. The molecule has 1 heterocycles. The van der Waals surface area contributed by atoms with Crippen LogP contribution in [0.5, 0.6) is 0 Å². The number of amides is 1. The van der Waals surface area contributed by atoms with Crippen molar-refractivity contribution >= 4 is 33.9 Å². The maximum absolute atomic E-state index is 12.5. The van der Waals surface area contributed by atoms with Gasteiger partial charge >= 0.3 is 17.9 Å². The Morgan fingerprint density at radius 3 is 1.97 bits per heavy atom. The standard InChI is InChI=1S/C16H25NO11S/c1-8-12(25-9(2)18)14(26-10(3)19)16(27-11(4)20)28-13(8)15(21)17-6-5-7-29(22,23)24/h8,12-14,16H,5-7H2,1-4H3,(H,17,21)(H,22,23,24)/t8-,12-,13-,14+,16+/m0/s1. The average molecular weight is 439 g/mol. The summed E-state index contributed by atoms with van der Waals surface area (Å²) in [5.41, 5.74) is 0. The zero-order valence-electron chi connectivity index (χ0n) is 16.4.